The van der Waals surface area contributed by atoms with E-state index in [1.807, 2.05) is 18.2 Å². The van der Waals surface area contributed by atoms with Crippen molar-refractivity contribution in [1.29, 1.82) is 0 Å². The molecule has 0 spiro atoms. The van der Waals surface area contributed by atoms with E-state index in [1.54, 1.807) is 12.1 Å². The summed E-state index contributed by atoms with van der Waals surface area (Å²) in [5.41, 5.74) is 6.46. The van der Waals surface area contributed by atoms with Gasteiger partial charge in [0.25, 0.3) is 0 Å². The quantitative estimate of drug-likeness (QED) is 0.787. The van der Waals surface area contributed by atoms with Crippen LogP contribution in [-0.2, 0) is 6.42 Å². The molecule has 0 aliphatic carbocycles. The number of carbonyl (C=O) groups is 1. The monoisotopic (exact) mass is 217 g/mol. The van der Waals surface area contributed by atoms with E-state index in [9.17, 15) is 4.79 Å². The third-order valence-electron chi connectivity index (χ3n) is 2.15. The normalized spacial score (nSPS) is 10.2. The zero-order chi connectivity index (χ0) is 11.5. The van der Waals surface area contributed by atoms with E-state index >= 15 is 0 Å². The van der Waals surface area contributed by atoms with Gasteiger partial charge in [-0.3, -0.25) is 4.84 Å². The molecule has 0 unspecified atom stereocenters. The highest BCUT2D eigenvalue weighted by Gasteiger charge is 2.10. The Balaban J connectivity index is 2.56. The smallest absolute Gasteiger partial charge is 0.333 e. The van der Waals surface area contributed by atoms with Crippen LogP contribution in [0.2, 0.25) is 0 Å². The Morgan fingerprint density at radius 2 is 2.31 bits per heavy atom. The number of primary amides is 1. The maximum Gasteiger partial charge on any atom is 0.430 e. The number of carbonyl (C=O) groups excluding carboxylic acids is 1. The lowest BCUT2D eigenvalue weighted by molar-refractivity contribution is 0.131. The zero-order valence-electron chi connectivity index (χ0n) is 8.59. The van der Waals surface area contributed by atoms with Crippen molar-refractivity contribution in [3.8, 4) is 0 Å². The van der Waals surface area contributed by atoms with E-state index in [0.29, 0.717) is 11.9 Å². The predicted octanol–water partition coefficient (Wildman–Crippen LogP) is 1.27. The molecule has 1 aromatic carbocycles. The lowest BCUT2D eigenvalue weighted by atomic mass is 10.2. The first-order valence-electron chi connectivity index (χ1n) is 4.77. The number of hydrogen-bond donors (Lipinski definition) is 1. The Kier molecular flexibility index (Phi) is 2.59. The van der Waals surface area contributed by atoms with Crippen LogP contribution in [0.5, 0.6) is 0 Å². The van der Waals surface area contributed by atoms with Crippen LogP contribution >= 0.6 is 0 Å². The van der Waals surface area contributed by atoms with Gasteiger partial charge >= 0.3 is 6.09 Å². The number of fused-ring (bicyclic) bond motifs is 1. The van der Waals surface area contributed by atoms with Crippen molar-refractivity contribution < 1.29 is 9.63 Å². The number of benzene rings is 1. The topological polar surface area (TPSA) is 70.1 Å². The molecule has 0 saturated carbocycles. The molecule has 0 aliphatic rings. The molecule has 5 heteroatoms. The summed E-state index contributed by atoms with van der Waals surface area (Å²) in [6.07, 6.45) is 1.46. The van der Waals surface area contributed by atoms with Gasteiger partial charge in [-0.05, 0) is 6.07 Å². The highest BCUT2D eigenvalue weighted by Crippen LogP contribution is 2.17. The first-order chi connectivity index (χ1) is 7.72. The SMILES string of the molecule is C=CCc1nn(OC(N)=O)c2ccccc12. The van der Waals surface area contributed by atoms with Gasteiger partial charge in [0.05, 0.1) is 5.69 Å². The van der Waals surface area contributed by atoms with E-state index in [1.165, 1.54) is 0 Å². The van der Waals surface area contributed by atoms with Crippen molar-refractivity contribution in [3.63, 3.8) is 0 Å². The highest BCUT2D eigenvalue weighted by atomic mass is 16.7. The van der Waals surface area contributed by atoms with E-state index in [2.05, 4.69) is 11.7 Å². The largest absolute Gasteiger partial charge is 0.430 e. The second kappa shape index (κ2) is 4.06. The third-order valence-corrected chi connectivity index (χ3v) is 2.15. The van der Waals surface area contributed by atoms with Crippen molar-refractivity contribution in [3.05, 3.63) is 42.6 Å². The summed E-state index contributed by atoms with van der Waals surface area (Å²) in [7, 11) is 0. The van der Waals surface area contributed by atoms with Crippen LogP contribution < -0.4 is 10.6 Å². The number of rotatable bonds is 3. The van der Waals surface area contributed by atoms with Crippen LogP contribution in [0.3, 0.4) is 0 Å². The Bertz CT molecular complexity index is 545. The number of para-hydroxylation sites is 1. The molecule has 2 N–H and O–H groups in total. The molecule has 1 amide bonds. The fraction of sp³-hybridized carbons (Fsp3) is 0.0909. The fourth-order valence-electron chi connectivity index (χ4n) is 1.54. The van der Waals surface area contributed by atoms with E-state index in [4.69, 9.17) is 10.6 Å². The summed E-state index contributed by atoms with van der Waals surface area (Å²) in [4.78, 5) is 16.6. The Labute approximate surface area is 92.1 Å². The van der Waals surface area contributed by atoms with Crippen LogP contribution in [0, 0.1) is 0 Å². The van der Waals surface area contributed by atoms with Gasteiger partial charge in [0.1, 0.15) is 5.52 Å². The van der Waals surface area contributed by atoms with Crippen LogP contribution in [0.4, 0.5) is 4.79 Å². The molecule has 82 valence electrons. The molecule has 16 heavy (non-hydrogen) atoms. The fourth-order valence-corrected chi connectivity index (χ4v) is 1.54. The summed E-state index contributed by atoms with van der Waals surface area (Å²) >= 11 is 0. The van der Waals surface area contributed by atoms with Gasteiger partial charge in [-0.2, -0.15) is 0 Å². The second-order valence-corrected chi connectivity index (χ2v) is 3.24. The minimum Gasteiger partial charge on any atom is -0.333 e. The van der Waals surface area contributed by atoms with Crippen LogP contribution in [0.25, 0.3) is 10.9 Å². The highest BCUT2D eigenvalue weighted by molar-refractivity contribution is 5.82. The van der Waals surface area contributed by atoms with E-state index < -0.39 is 6.09 Å². The standard InChI is InChI=1S/C11H11N3O2/c1-2-5-9-8-6-3-4-7-10(8)14(13-9)16-11(12)15/h2-4,6-7H,1,5H2,(H2,12,15). The number of allylic oxidation sites excluding steroid dienone is 1. The minimum absolute atomic E-state index is 0.607. The molecule has 2 rings (SSSR count). The van der Waals surface area contributed by atoms with Gasteiger partial charge in [0.2, 0.25) is 0 Å². The molecule has 0 aliphatic heterocycles. The Morgan fingerprint density at radius 1 is 1.56 bits per heavy atom. The minimum atomic E-state index is -0.890. The van der Waals surface area contributed by atoms with E-state index in [0.717, 1.165) is 15.9 Å². The van der Waals surface area contributed by atoms with Crippen molar-refractivity contribution in [1.82, 2.24) is 9.94 Å². The summed E-state index contributed by atoms with van der Waals surface area (Å²) < 4.78 is 0. The molecule has 2 aromatic rings. The molecule has 0 bridgehead atoms. The molecule has 0 atom stereocenters. The van der Waals surface area contributed by atoms with Crippen molar-refractivity contribution >= 4 is 17.0 Å². The molecule has 1 heterocycles. The van der Waals surface area contributed by atoms with Crippen molar-refractivity contribution in [2.45, 2.75) is 6.42 Å². The molecular formula is C11H11N3O2. The Hall–Kier alpha value is -2.30. The number of amides is 1. The molecular weight excluding hydrogens is 206 g/mol. The summed E-state index contributed by atoms with van der Waals surface area (Å²) in [6, 6.07) is 7.44. The van der Waals surface area contributed by atoms with Gasteiger partial charge < -0.3 is 5.73 Å². The number of nitrogens with zero attached hydrogens (tertiary/aromatic N) is 2. The average molecular weight is 217 g/mol. The molecule has 5 nitrogen and oxygen atoms in total. The number of hydrogen-bond acceptors (Lipinski definition) is 3. The first kappa shape index (κ1) is 10.2. The van der Waals surface area contributed by atoms with Crippen LogP contribution in [-0.4, -0.2) is 16.0 Å². The maximum absolute atomic E-state index is 10.7. The summed E-state index contributed by atoms with van der Waals surface area (Å²) in [5, 5.41) is 5.06. The van der Waals surface area contributed by atoms with E-state index in [-0.39, 0.29) is 0 Å². The predicted molar refractivity (Wildman–Crippen MR) is 59.8 cm³/mol. The summed E-state index contributed by atoms with van der Waals surface area (Å²) in [5.74, 6) is 0. The Morgan fingerprint density at radius 3 is 3.00 bits per heavy atom. The van der Waals surface area contributed by atoms with Crippen molar-refractivity contribution in [2.24, 2.45) is 5.73 Å². The molecule has 0 fully saturated rings. The maximum atomic E-state index is 10.7. The van der Waals surface area contributed by atoms with Gasteiger partial charge in [-0.25, -0.2) is 4.79 Å². The second-order valence-electron chi connectivity index (χ2n) is 3.24. The number of nitrogens with two attached hydrogens (primary N) is 1. The molecule has 1 aromatic heterocycles. The van der Waals surface area contributed by atoms with Gasteiger partial charge in [-0.15, -0.1) is 11.7 Å². The van der Waals surface area contributed by atoms with Gasteiger partial charge in [0, 0.05) is 11.8 Å². The van der Waals surface area contributed by atoms with Crippen LogP contribution in [0.1, 0.15) is 5.69 Å². The molecule has 0 saturated heterocycles. The van der Waals surface area contributed by atoms with Gasteiger partial charge in [-0.1, -0.05) is 29.1 Å². The van der Waals surface area contributed by atoms with Crippen molar-refractivity contribution in [2.75, 3.05) is 0 Å². The lowest BCUT2D eigenvalue weighted by Crippen LogP contribution is -2.26. The number of aromatic nitrogens is 2. The molecule has 0 radical (unpaired) electrons. The zero-order valence-corrected chi connectivity index (χ0v) is 8.59. The summed E-state index contributed by atoms with van der Waals surface area (Å²) in [6.45, 7) is 3.65. The first-order valence-corrected chi connectivity index (χ1v) is 4.77. The third kappa shape index (κ3) is 1.75. The van der Waals surface area contributed by atoms with Crippen LogP contribution in [0.15, 0.2) is 36.9 Å². The average Bonchev–Trinajstić information content (AvgIpc) is 2.58. The van der Waals surface area contributed by atoms with Gasteiger partial charge in [0.15, 0.2) is 0 Å². The lowest BCUT2D eigenvalue weighted by Gasteiger charge is -1.99.